The smallest absolute Gasteiger partial charge is 0.233 e. The minimum atomic E-state index is 0.185. The Morgan fingerprint density at radius 1 is 0.871 bits per heavy atom. The molecule has 0 unspecified atom stereocenters. The van der Waals surface area contributed by atoms with Crippen LogP contribution in [0.15, 0.2) is 70.3 Å². The van der Waals surface area contributed by atoms with E-state index < -0.39 is 0 Å². The maximum atomic E-state index is 9.50. The van der Waals surface area contributed by atoms with Gasteiger partial charge in [-0.3, -0.25) is 4.99 Å². The van der Waals surface area contributed by atoms with Crippen LogP contribution in [0.5, 0.6) is 5.75 Å². The van der Waals surface area contributed by atoms with Gasteiger partial charge < -0.3 is 25.5 Å². The molecule has 2 aromatic heterocycles. The van der Waals surface area contributed by atoms with E-state index in [4.69, 9.17) is 4.42 Å². The Morgan fingerprint density at radius 3 is 2.39 bits per heavy atom. The Labute approximate surface area is 177 Å². The summed E-state index contributed by atoms with van der Waals surface area (Å²) in [7, 11) is 0. The van der Waals surface area contributed by atoms with E-state index in [0.29, 0.717) is 30.9 Å². The van der Waals surface area contributed by atoms with Crippen LogP contribution in [0.25, 0.3) is 0 Å². The van der Waals surface area contributed by atoms with Gasteiger partial charge in [0.05, 0.1) is 19.4 Å². The first kappa shape index (κ1) is 18.6. The summed E-state index contributed by atoms with van der Waals surface area (Å²) >= 11 is 0. The molecule has 31 heavy (non-hydrogen) atoms. The van der Waals surface area contributed by atoms with Crippen LogP contribution >= 0.6 is 0 Å². The van der Waals surface area contributed by atoms with Gasteiger partial charge in [0, 0.05) is 17.6 Å². The number of rotatable bonds is 7. The number of phenols is 1. The van der Waals surface area contributed by atoms with E-state index in [1.807, 2.05) is 36.5 Å². The molecule has 1 aliphatic heterocycles. The average molecular weight is 413 g/mol. The van der Waals surface area contributed by atoms with Crippen LogP contribution in [0.2, 0.25) is 0 Å². The van der Waals surface area contributed by atoms with Crippen molar-refractivity contribution in [2.45, 2.75) is 13.1 Å². The van der Waals surface area contributed by atoms with Crippen molar-refractivity contribution in [2.75, 3.05) is 16.0 Å². The number of phenolic OH excluding ortho intramolecular Hbond substituents is 1. The lowest BCUT2D eigenvalue weighted by atomic mass is 10.1. The minimum absolute atomic E-state index is 0.185. The van der Waals surface area contributed by atoms with Gasteiger partial charge in [-0.2, -0.15) is 15.0 Å². The van der Waals surface area contributed by atoms with E-state index in [-0.39, 0.29) is 5.75 Å². The Hall–Kier alpha value is -4.40. The molecule has 5 rings (SSSR count). The molecule has 154 valence electrons. The second-order valence-corrected chi connectivity index (χ2v) is 6.92. The van der Waals surface area contributed by atoms with Gasteiger partial charge in [0.1, 0.15) is 11.5 Å². The first-order valence-corrected chi connectivity index (χ1v) is 9.69. The van der Waals surface area contributed by atoms with Crippen molar-refractivity contribution >= 4 is 35.4 Å². The number of fused-ring (bicyclic) bond motifs is 1. The predicted octanol–water partition coefficient (Wildman–Crippen LogP) is 4.20. The second kappa shape index (κ2) is 8.15. The molecule has 0 bridgehead atoms. The topological polar surface area (TPSA) is 120 Å². The molecule has 9 heteroatoms. The summed E-state index contributed by atoms with van der Waals surface area (Å²) in [6.45, 7) is 1.15. The van der Waals surface area contributed by atoms with Crippen LogP contribution in [0.4, 0.5) is 29.2 Å². The van der Waals surface area contributed by atoms with E-state index in [9.17, 15) is 5.11 Å². The second-order valence-electron chi connectivity index (χ2n) is 6.92. The van der Waals surface area contributed by atoms with E-state index in [2.05, 4.69) is 35.9 Å². The molecule has 3 heterocycles. The molecule has 0 radical (unpaired) electrons. The fraction of sp³-hybridized carbons (Fsp3) is 0.0909. The molecule has 4 aromatic rings. The highest BCUT2D eigenvalue weighted by Crippen LogP contribution is 2.23. The van der Waals surface area contributed by atoms with Crippen LogP contribution < -0.4 is 16.0 Å². The van der Waals surface area contributed by atoms with E-state index in [0.717, 1.165) is 22.7 Å². The standard InChI is InChI=1S/C22H19N7O2/c30-18-7-5-16(6-8-18)25-21-27-20(24-13-19-2-1-9-31-19)28-22(29-21)26-17-4-3-14-11-23-12-15(14)10-17/h1-10,12,30H,11,13H2,(H3,24,25,26,27,28,29). The first-order chi connectivity index (χ1) is 15.2. The Balaban J connectivity index is 1.41. The van der Waals surface area contributed by atoms with E-state index in [1.165, 1.54) is 5.56 Å². The zero-order valence-electron chi connectivity index (χ0n) is 16.4. The molecular formula is C22H19N7O2. The fourth-order valence-corrected chi connectivity index (χ4v) is 3.13. The van der Waals surface area contributed by atoms with Crippen molar-refractivity contribution in [1.82, 2.24) is 15.0 Å². The molecule has 0 aliphatic carbocycles. The van der Waals surface area contributed by atoms with Gasteiger partial charge in [0.2, 0.25) is 17.8 Å². The molecule has 1 aliphatic rings. The molecular weight excluding hydrogens is 394 g/mol. The number of aliphatic imine (C=N–C) groups is 1. The number of anilines is 5. The number of furan rings is 1. The molecule has 4 N–H and O–H groups in total. The number of aromatic hydroxyl groups is 1. The zero-order valence-corrected chi connectivity index (χ0v) is 16.4. The molecule has 0 spiro atoms. The summed E-state index contributed by atoms with van der Waals surface area (Å²) in [5.41, 5.74) is 3.86. The van der Waals surface area contributed by atoms with E-state index in [1.54, 1.807) is 30.5 Å². The van der Waals surface area contributed by atoms with Crippen LogP contribution in [0.1, 0.15) is 16.9 Å². The van der Waals surface area contributed by atoms with Crippen LogP contribution in [0.3, 0.4) is 0 Å². The van der Waals surface area contributed by atoms with Gasteiger partial charge in [0.25, 0.3) is 0 Å². The lowest BCUT2D eigenvalue weighted by molar-refractivity contribution is 0.475. The van der Waals surface area contributed by atoms with Crippen molar-refractivity contribution in [3.8, 4) is 5.75 Å². The maximum Gasteiger partial charge on any atom is 0.233 e. The maximum absolute atomic E-state index is 9.50. The highest BCUT2D eigenvalue weighted by atomic mass is 16.3. The van der Waals surface area contributed by atoms with Crippen LogP contribution in [-0.4, -0.2) is 26.3 Å². The largest absolute Gasteiger partial charge is 0.508 e. The van der Waals surface area contributed by atoms with E-state index >= 15 is 0 Å². The Morgan fingerprint density at radius 2 is 1.61 bits per heavy atom. The van der Waals surface area contributed by atoms with Gasteiger partial charge in [-0.1, -0.05) is 6.07 Å². The quantitative estimate of drug-likeness (QED) is 0.333. The molecule has 0 fully saturated rings. The van der Waals surface area contributed by atoms with Gasteiger partial charge in [0.15, 0.2) is 0 Å². The third-order valence-electron chi connectivity index (χ3n) is 4.65. The number of aromatic nitrogens is 3. The highest BCUT2D eigenvalue weighted by Gasteiger charge is 2.11. The third kappa shape index (κ3) is 4.45. The lowest BCUT2D eigenvalue weighted by Gasteiger charge is -2.11. The molecule has 0 saturated carbocycles. The van der Waals surface area contributed by atoms with Crippen molar-refractivity contribution in [1.29, 1.82) is 0 Å². The number of nitrogens with one attached hydrogen (secondary N) is 3. The van der Waals surface area contributed by atoms with Crippen molar-refractivity contribution < 1.29 is 9.52 Å². The Kier molecular flexibility index (Phi) is 4.89. The van der Waals surface area contributed by atoms with Crippen molar-refractivity contribution in [3.05, 3.63) is 77.7 Å². The summed E-state index contributed by atoms with van der Waals surface area (Å²) < 4.78 is 5.36. The minimum Gasteiger partial charge on any atom is -0.508 e. The molecule has 0 saturated heterocycles. The van der Waals surface area contributed by atoms with Gasteiger partial charge >= 0.3 is 0 Å². The number of nitrogens with zero attached hydrogens (tertiary/aromatic N) is 4. The van der Waals surface area contributed by atoms with Crippen molar-refractivity contribution in [2.24, 2.45) is 4.99 Å². The molecule has 2 aromatic carbocycles. The third-order valence-corrected chi connectivity index (χ3v) is 4.65. The lowest BCUT2D eigenvalue weighted by Crippen LogP contribution is -2.09. The normalized spacial score (nSPS) is 11.9. The van der Waals surface area contributed by atoms with Gasteiger partial charge in [-0.05, 0) is 59.7 Å². The Bertz CT molecular complexity index is 1220. The number of hydrogen-bond acceptors (Lipinski definition) is 9. The highest BCUT2D eigenvalue weighted by molar-refractivity contribution is 5.86. The summed E-state index contributed by atoms with van der Waals surface area (Å²) in [5.74, 6) is 2.07. The predicted molar refractivity (Wildman–Crippen MR) is 118 cm³/mol. The molecule has 0 amide bonds. The summed E-state index contributed by atoms with van der Waals surface area (Å²) in [4.78, 5) is 17.7. The van der Waals surface area contributed by atoms with Crippen LogP contribution in [0, 0.1) is 0 Å². The molecule has 0 atom stereocenters. The number of hydrogen-bond donors (Lipinski definition) is 4. The van der Waals surface area contributed by atoms with Crippen LogP contribution in [-0.2, 0) is 13.1 Å². The van der Waals surface area contributed by atoms with Gasteiger partial charge in [-0.25, -0.2) is 0 Å². The van der Waals surface area contributed by atoms with Gasteiger partial charge in [-0.15, -0.1) is 0 Å². The summed E-state index contributed by atoms with van der Waals surface area (Å²) in [6, 6.07) is 16.4. The summed E-state index contributed by atoms with van der Waals surface area (Å²) in [5, 5.41) is 19.0. The summed E-state index contributed by atoms with van der Waals surface area (Å²) in [6.07, 6.45) is 3.48. The average Bonchev–Trinajstić information content (AvgIpc) is 3.45. The first-order valence-electron chi connectivity index (χ1n) is 9.69. The molecule has 9 nitrogen and oxygen atoms in total. The number of benzene rings is 2. The zero-order chi connectivity index (χ0) is 21.0. The monoisotopic (exact) mass is 413 g/mol. The van der Waals surface area contributed by atoms with Crippen molar-refractivity contribution in [3.63, 3.8) is 0 Å². The SMILES string of the molecule is Oc1ccc(Nc2nc(NCc3ccco3)nc(Nc3ccc4c(c3)C=NC4)n2)cc1. The fourth-order valence-electron chi connectivity index (χ4n) is 3.13.